The first-order valence-electron chi connectivity index (χ1n) is 7.43. The van der Waals surface area contributed by atoms with Crippen molar-refractivity contribution >= 4 is 9.84 Å². The standard InChI is InChI=1S/C16H27NO3S/c1-13(2)11-14-5-7-15(8-6-14)16(18)12-17-9-4-10-21(3,19)20/h5-8,13,16-18H,4,9-12H2,1-3H3. The lowest BCUT2D eigenvalue weighted by atomic mass is 10.0. The summed E-state index contributed by atoms with van der Waals surface area (Å²) in [5.41, 5.74) is 2.17. The Kier molecular flexibility index (Phi) is 7.35. The highest BCUT2D eigenvalue weighted by atomic mass is 32.2. The third-order valence-corrected chi connectivity index (χ3v) is 4.25. The highest BCUT2D eigenvalue weighted by Gasteiger charge is 2.08. The van der Waals surface area contributed by atoms with E-state index in [1.54, 1.807) is 0 Å². The van der Waals surface area contributed by atoms with Gasteiger partial charge in [0, 0.05) is 12.8 Å². The molecule has 0 aliphatic heterocycles. The van der Waals surface area contributed by atoms with E-state index in [2.05, 4.69) is 31.3 Å². The van der Waals surface area contributed by atoms with Crippen LogP contribution in [-0.2, 0) is 16.3 Å². The molecule has 1 rings (SSSR count). The van der Waals surface area contributed by atoms with Crippen LogP contribution in [0.1, 0.15) is 37.5 Å². The van der Waals surface area contributed by atoms with Crippen molar-refractivity contribution in [2.75, 3.05) is 25.1 Å². The van der Waals surface area contributed by atoms with E-state index >= 15 is 0 Å². The summed E-state index contributed by atoms with van der Waals surface area (Å²) in [6.45, 7) is 5.40. The van der Waals surface area contributed by atoms with Gasteiger partial charge in [0.15, 0.2) is 0 Å². The number of hydrogen-bond donors (Lipinski definition) is 2. The highest BCUT2D eigenvalue weighted by molar-refractivity contribution is 7.90. The van der Waals surface area contributed by atoms with Gasteiger partial charge in [-0.25, -0.2) is 8.42 Å². The van der Waals surface area contributed by atoms with Crippen LogP contribution in [0.25, 0.3) is 0 Å². The summed E-state index contributed by atoms with van der Waals surface area (Å²) in [6, 6.07) is 8.03. The normalized spacial score (nSPS) is 13.6. The molecule has 1 aromatic rings. The molecule has 4 nitrogen and oxygen atoms in total. The van der Waals surface area contributed by atoms with Crippen LogP contribution >= 0.6 is 0 Å². The maximum atomic E-state index is 11.0. The molecule has 5 heteroatoms. The van der Waals surface area contributed by atoms with E-state index < -0.39 is 15.9 Å². The number of nitrogens with one attached hydrogen (secondary N) is 1. The second-order valence-corrected chi connectivity index (χ2v) is 8.30. The molecular formula is C16H27NO3S. The van der Waals surface area contributed by atoms with Gasteiger partial charge < -0.3 is 10.4 Å². The van der Waals surface area contributed by atoms with Crippen LogP contribution in [0, 0.1) is 5.92 Å². The molecule has 0 spiro atoms. The van der Waals surface area contributed by atoms with Crippen molar-refractivity contribution in [3.8, 4) is 0 Å². The van der Waals surface area contributed by atoms with Crippen molar-refractivity contribution in [2.45, 2.75) is 32.8 Å². The van der Waals surface area contributed by atoms with E-state index in [4.69, 9.17) is 0 Å². The van der Waals surface area contributed by atoms with Gasteiger partial charge in [0.05, 0.1) is 11.9 Å². The van der Waals surface area contributed by atoms with Crippen LogP contribution in [0.3, 0.4) is 0 Å². The predicted molar refractivity (Wildman–Crippen MR) is 87.1 cm³/mol. The van der Waals surface area contributed by atoms with Gasteiger partial charge in [0.1, 0.15) is 9.84 Å². The minimum atomic E-state index is -2.89. The summed E-state index contributed by atoms with van der Waals surface area (Å²) in [6.07, 6.45) is 2.29. The fourth-order valence-corrected chi connectivity index (χ4v) is 2.83. The van der Waals surface area contributed by atoms with Crippen molar-refractivity contribution in [1.82, 2.24) is 5.32 Å². The zero-order valence-corrected chi connectivity index (χ0v) is 14.0. The van der Waals surface area contributed by atoms with Gasteiger partial charge in [-0.1, -0.05) is 38.1 Å². The van der Waals surface area contributed by atoms with Crippen molar-refractivity contribution in [3.63, 3.8) is 0 Å². The molecule has 1 unspecified atom stereocenters. The Morgan fingerprint density at radius 3 is 2.33 bits per heavy atom. The molecule has 0 aliphatic rings. The molecule has 1 atom stereocenters. The monoisotopic (exact) mass is 313 g/mol. The van der Waals surface area contributed by atoms with E-state index in [0.29, 0.717) is 25.4 Å². The molecule has 0 bridgehead atoms. The number of benzene rings is 1. The average molecular weight is 313 g/mol. The fourth-order valence-electron chi connectivity index (χ4n) is 2.16. The fraction of sp³-hybridized carbons (Fsp3) is 0.625. The average Bonchev–Trinajstić information content (AvgIpc) is 2.37. The van der Waals surface area contributed by atoms with Crippen LogP contribution in [0.4, 0.5) is 0 Å². The summed E-state index contributed by atoms with van der Waals surface area (Å²) in [5, 5.41) is 13.2. The Morgan fingerprint density at radius 2 is 1.81 bits per heavy atom. The molecule has 0 amide bonds. The maximum absolute atomic E-state index is 11.0. The van der Waals surface area contributed by atoms with Crippen LogP contribution in [0.2, 0.25) is 0 Å². The zero-order valence-electron chi connectivity index (χ0n) is 13.2. The molecule has 0 saturated heterocycles. The van der Waals surface area contributed by atoms with Crippen LogP contribution < -0.4 is 5.32 Å². The lowest BCUT2D eigenvalue weighted by molar-refractivity contribution is 0.175. The number of sulfone groups is 1. The van der Waals surface area contributed by atoms with E-state index in [1.807, 2.05) is 12.1 Å². The predicted octanol–water partition coefficient (Wildman–Crippen LogP) is 1.94. The zero-order chi connectivity index (χ0) is 15.9. The van der Waals surface area contributed by atoms with Gasteiger partial charge in [-0.3, -0.25) is 0 Å². The first-order valence-corrected chi connectivity index (χ1v) is 9.49. The summed E-state index contributed by atoms with van der Waals surface area (Å²) in [4.78, 5) is 0. The van der Waals surface area contributed by atoms with Crippen LogP contribution in [0.15, 0.2) is 24.3 Å². The molecule has 2 N–H and O–H groups in total. The van der Waals surface area contributed by atoms with E-state index in [0.717, 1.165) is 12.0 Å². The lowest BCUT2D eigenvalue weighted by Crippen LogP contribution is -2.24. The van der Waals surface area contributed by atoms with Crippen molar-refractivity contribution < 1.29 is 13.5 Å². The second-order valence-electron chi connectivity index (χ2n) is 6.04. The highest BCUT2D eigenvalue weighted by Crippen LogP contribution is 2.15. The van der Waals surface area contributed by atoms with Crippen molar-refractivity contribution in [1.29, 1.82) is 0 Å². The molecule has 0 heterocycles. The number of rotatable bonds is 9. The van der Waals surface area contributed by atoms with Crippen LogP contribution in [-0.4, -0.2) is 38.6 Å². The summed E-state index contributed by atoms with van der Waals surface area (Å²) >= 11 is 0. The Hall–Kier alpha value is -0.910. The second kappa shape index (κ2) is 8.51. The summed E-state index contributed by atoms with van der Waals surface area (Å²) < 4.78 is 22.0. The van der Waals surface area contributed by atoms with Crippen molar-refractivity contribution in [3.05, 3.63) is 35.4 Å². The molecule has 0 saturated carbocycles. The van der Waals surface area contributed by atoms with Gasteiger partial charge in [0.25, 0.3) is 0 Å². The number of aliphatic hydroxyl groups is 1. The Balaban J connectivity index is 2.33. The summed E-state index contributed by atoms with van der Waals surface area (Å²) in [5.74, 6) is 0.803. The number of aliphatic hydroxyl groups excluding tert-OH is 1. The van der Waals surface area contributed by atoms with E-state index in [1.165, 1.54) is 11.8 Å². The third-order valence-electron chi connectivity index (χ3n) is 3.21. The number of hydrogen-bond acceptors (Lipinski definition) is 4. The molecule has 0 radical (unpaired) electrons. The lowest BCUT2D eigenvalue weighted by Gasteiger charge is -2.13. The van der Waals surface area contributed by atoms with Crippen LogP contribution in [0.5, 0.6) is 0 Å². The van der Waals surface area contributed by atoms with Gasteiger partial charge in [-0.05, 0) is 36.4 Å². The Labute approximate surface area is 128 Å². The Bertz CT molecular complexity index is 509. The SMILES string of the molecule is CC(C)Cc1ccc(C(O)CNCCCS(C)(=O)=O)cc1. The van der Waals surface area contributed by atoms with E-state index in [9.17, 15) is 13.5 Å². The Morgan fingerprint density at radius 1 is 1.19 bits per heavy atom. The topological polar surface area (TPSA) is 66.4 Å². The van der Waals surface area contributed by atoms with Gasteiger partial charge in [-0.15, -0.1) is 0 Å². The van der Waals surface area contributed by atoms with Gasteiger partial charge in [0.2, 0.25) is 0 Å². The molecule has 120 valence electrons. The van der Waals surface area contributed by atoms with Gasteiger partial charge in [-0.2, -0.15) is 0 Å². The first-order chi connectivity index (χ1) is 9.78. The van der Waals surface area contributed by atoms with Crippen molar-refractivity contribution in [2.24, 2.45) is 5.92 Å². The molecule has 1 aromatic carbocycles. The molecule has 0 aromatic heterocycles. The molecule has 0 aliphatic carbocycles. The van der Waals surface area contributed by atoms with Gasteiger partial charge >= 0.3 is 0 Å². The molecular weight excluding hydrogens is 286 g/mol. The smallest absolute Gasteiger partial charge is 0.147 e. The summed E-state index contributed by atoms with van der Waals surface area (Å²) in [7, 11) is -2.89. The first kappa shape index (κ1) is 18.1. The van der Waals surface area contributed by atoms with E-state index in [-0.39, 0.29) is 5.75 Å². The maximum Gasteiger partial charge on any atom is 0.147 e. The largest absolute Gasteiger partial charge is 0.387 e. The molecule has 0 fully saturated rings. The minimum Gasteiger partial charge on any atom is -0.387 e. The third kappa shape index (κ3) is 8.19. The molecule has 21 heavy (non-hydrogen) atoms. The quantitative estimate of drug-likeness (QED) is 0.684. The minimum absolute atomic E-state index is 0.181.